The van der Waals surface area contributed by atoms with Crippen LogP contribution in [0.2, 0.25) is 0 Å². The molecule has 7 heteroatoms. The number of sulfonamides is 1. The minimum absolute atomic E-state index is 0.115. The highest BCUT2D eigenvalue weighted by Gasteiger charge is 2.31. The van der Waals surface area contributed by atoms with E-state index >= 15 is 0 Å². The molecule has 2 heterocycles. The Kier molecular flexibility index (Phi) is 5.29. The molecule has 0 amide bonds. The summed E-state index contributed by atoms with van der Waals surface area (Å²) in [6.45, 7) is 7.06. The van der Waals surface area contributed by atoms with Gasteiger partial charge in [-0.2, -0.15) is 4.31 Å². The van der Waals surface area contributed by atoms with Crippen LogP contribution in [0.25, 0.3) is 0 Å². The van der Waals surface area contributed by atoms with E-state index < -0.39 is 10.0 Å². The zero-order chi connectivity index (χ0) is 14.9. The first-order valence-electron chi connectivity index (χ1n) is 6.82. The fraction of sp³-hybridized carbons (Fsp3) is 0.692. The van der Waals surface area contributed by atoms with Gasteiger partial charge in [-0.3, -0.25) is 0 Å². The first-order valence-corrected chi connectivity index (χ1v) is 9.87. The van der Waals surface area contributed by atoms with E-state index in [-0.39, 0.29) is 6.04 Å². The van der Waals surface area contributed by atoms with Crippen molar-refractivity contribution >= 4 is 37.3 Å². The van der Waals surface area contributed by atoms with E-state index in [0.717, 1.165) is 41.8 Å². The van der Waals surface area contributed by atoms with Gasteiger partial charge in [0, 0.05) is 13.1 Å². The number of rotatable bonds is 4. The third-order valence-electron chi connectivity index (χ3n) is 3.99. The average molecular weight is 381 g/mol. The fourth-order valence-electron chi connectivity index (χ4n) is 2.50. The lowest BCUT2D eigenvalue weighted by atomic mass is 10.1. The lowest BCUT2D eigenvalue weighted by Gasteiger charge is -2.35. The van der Waals surface area contributed by atoms with Crippen LogP contribution in [-0.2, 0) is 10.0 Å². The molecule has 1 aromatic heterocycles. The molecule has 1 fully saturated rings. The Labute approximate surface area is 133 Å². The van der Waals surface area contributed by atoms with Crippen LogP contribution in [0.15, 0.2) is 14.1 Å². The van der Waals surface area contributed by atoms with E-state index in [1.807, 2.05) is 6.92 Å². The molecule has 1 aliphatic rings. The fourth-order valence-corrected chi connectivity index (χ4v) is 6.32. The van der Waals surface area contributed by atoms with Crippen LogP contribution in [0.1, 0.15) is 25.3 Å². The average Bonchev–Trinajstić information content (AvgIpc) is 2.78. The smallest absolute Gasteiger partial charge is 0.252 e. The van der Waals surface area contributed by atoms with Crippen LogP contribution >= 0.6 is 27.3 Å². The highest BCUT2D eigenvalue weighted by molar-refractivity contribution is 9.11. The molecule has 0 N–H and O–H groups in total. The number of hydrogen-bond acceptors (Lipinski definition) is 4. The summed E-state index contributed by atoms with van der Waals surface area (Å²) >= 11 is 4.70. The molecule has 0 saturated carbocycles. The molecular formula is C13H21BrN2O2S2. The third-order valence-corrected chi connectivity index (χ3v) is 8.48. The van der Waals surface area contributed by atoms with Crippen LogP contribution in [0.3, 0.4) is 0 Å². The maximum Gasteiger partial charge on any atom is 0.252 e. The topological polar surface area (TPSA) is 40.6 Å². The van der Waals surface area contributed by atoms with Gasteiger partial charge in [0.05, 0.1) is 3.79 Å². The lowest BCUT2D eigenvalue weighted by Crippen LogP contribution is -2.45. The molecule has 0 unspecified atom stereocenters. The molecule has 0 aliphatic carbocycles. The number of hydrogen-bond donors (Lipinski definition) is 0. The van der Waals surface area contributed by atoms with Crippen LogP contribution in [0.4, 0.5) is 0 Å². The highest BCUT2D eigenvalue weighted by Crippen LogP contribution is 2.33. The second-order valence-electron chi connectivity index (χ2n) is 5.21. The number of nitrogens with zero attached hydrogens (tertiary/aromatic N) is 2. The molecule has 1 saturated heterocycles. The van der Waals surface area contributed by atoms with Crippen LogP contribution in [0.5, 0.6) is 0 Å². The molecule has 1 aromatic rings. The van der Waals surface area contributed by atoms with Gasteiger partial charge >= 0.3 is 0 Å². The molecule has 0 aromatic carbocycles. The standard InChI is InChI=1S/C13H21BrN2O2S2/c1-4-16-7-5-11(6-8-16)15(3)20(17,18)12-9-10(2)13(14)19-12/h9,11H,4-8H2,1-3H3. The molecule has 0 atom stereocenters. The maximum atomic E-state index is 12.6. The predicted octanol–water partition coefficient (Wildman–Crippen LogP) is 2.92. The summed E-state index contributed by atoms with van der Waals surface area (Å²) in [5.41, 5.74) is 0.975. The number of piperidine rings is 1. The molecular weight excluding hydrogens is 360 g/mol. The van der Waals surface area contributed by atoms with Gasteiger partial charge in [0.25, 0.3) is 10.0 Å². The summed E-state index contributed by atoms with van der Waals surface area (Å²) in [6, 6.07) is 1.87. The number of aryl methyl sites for hydroxylation is 1. The van der Waals surface area contributed by atoms with Crippen molar-refractivity contribution in [2.24, 2.45) is 0 Å². The van der Waals surface area contributed by atoms with Crippen LogP contribution in [-0.4, -0.2) is 50.3 Å². The van der Waals surface area contributed by atoms with Gasteiger partial charge in [0.1, 0.15) is 4.21 Å². The Morgan fingerprint density at radius 1 is 1.45 bits per heavy atom. The Balaban J connectivity index is 2.13. The lowest BCUT2D eigenvalue weighted by molar-refractivity contribution is 0.176. The number of halogens is 1. The van der Waals surface area contributed by atoms with E-state index in [1.54, 1.807) is 17.4 Å². The molecule has 4 nitrogen and oxygen atoms in total. The Hall–Kier alpha value is 0.0500. The van der Waals surface area contributed by atoms with Gasteiger partial charge in [-0.25, -0.2) is 8.42 Å². The highest BCUT2D eigenvalue weighted by atomic mass is 79.9. The molecule has 2 rings (SSSR count). The van der Waals surface area contributed by atoms with Crippen LogP contribution < -0.4 is 0 Å². The summed E-state index contributed by atoms with van der Waals surface area (Å²) < 4.78 is 28.2. The molecule has 114 valence electrons. The van der Waals surface area contributed by atoms with Crippen molar-refractivity contribution in [3.05, 3.63) is 15.4 Å². The van der Waals surface area contributed by atoms with E-state index in [9.17, 15) is 8.42 Å². The maximum absolute atomic E-state index is 12.6. The van der Waals surface area contributed by atoms with E-state index in [0.29, 0.717) is 4.21 Å². The molecule has 0 bridgehead atoms. The van der Waals surface area contributed by atoms with Crippen molar-refractivity contribution in [3.8, 4) is 0 Å². The van der Waals surface area contributed by atoms with E-state index in [1.165, 1.54) is 11.3 Å². The minimum atomic E-state index is -3.36. The number of thiophene rings is 1. The van der Waals surface area contributed by atoms with Crippen molar-refractivity contribution in [2.45, 2.75) is 36.9 Å². The number of likely N-dealkylation sites (tertiary alicyclic amines) is 1. The molecule has 1 aliphatic heterocycles. The summed E-state index contributed by atoms with van der Waals surface area (Å²) in [4.78, 5) is 2.36. The second-order valence-corrected chi connectivity index (χ2v) is 9.80. The zero-order valence-corrected chi connectivity index (χ0v) is 15.3. The van der Waals surface area contributed by atoms with Crippen molar-refractivity contribution in [1.82, 2.24) is 9.21 Å². The largest absolute Gasteiger partial charge is 0.303 e. The van der Waals surface area contributed by atoms with Crippen molar-refractivity contribution in [1.29, 1.82) is 0 Å². The Morgan fingerprint density at radius 2 is 2.05 bits per heavy atom. The van der Waals surface area contributed by atoms with E-state index in [4.69, 9.17) is 0 Å². The van der Waals surface area contributed by atoms with Gasteiger partial charge < -0.3 is 4.90 Å². The first-order chi connectivity index (χ1) is 9.36. The van der Waals surface area contributed by atoms with Gasteiger partial charge in [-0.1, -0.05) is 6.92 Å². The predicted molar refractivity (Wildman–Crippen MR) is 86.8 cm³/mol. The quantitative estimate of drug-likeness (QED) is 0.805. The monoisotopic (exact) mass is 380 g/mol. The van der Waals surface area contributed by atoms with Crippen molar-refractivity contribution < 1.29 is 8.42 Å². The molecule has 0 radical (unpaired) electrons. The van der Waals surface area contributed by atoms with Gasteiger partial charge in [-0.05, 0) is 67.0 Å². The molecule has 20 heavy (non-hydrogen) atoms. The Morgan fingerprint density at radius 3 is 2.50 bits per heavy atom. The minimum Gasteiger partial charge on any atom is -0.303 e. The third kappa shape index (κ3) is 3.27. The summed E-state index contributed by atoms with van der Waals surface area (Å²) in [5.74, 6) is 0. The first kappa shape index (κ1) is 16.4. The van der Waals surface area contributed by atoms with Crippen molar-refractivity contribution in [2.75, 3.05) is 26.7 Å². The second kappa shape index (κ2) is 6.44. The normalized spacial score (nSPS) is 18.9. The van der Waals surface area contributed by atoms with Crippen LogP contribution in [0, 0.1) is 6.92 Å². The zero-order valence-electron chi connectivity index (χ0n) is 12.1. The molecule has 0 spiro atoms. The van der Waals surface area contributed by atoms with Crippen molar-refractivity contribution in [3.63, 3.8) is 0 Å². The summed E-state index contributed by atoms with van der Waals surface area (Å²) in [7, 11) is -1.65. The summed E-state index contributed by atoms with van der Waals surface area (Å²) in [6.07, 6.45) is 1.82. The van der Waals surface area contributed by atoms with E-state index in [2.05, 4.69) is 27.8 Å². The van der Waals surface area contributed by atoms with Gasteiger partial charge in [0.2, 0.25) is 0 Å². The van der Waals surface area contributed by atoms with Gasteiger partial charge in [0.15, 0.2) is 0 Å². The Bertz CT molecular complexity index is 543. The summed E-state index contributed by atoms with van der Waals surface area (Å²) in [5, 5.41) is 0. The SMILES string of the molecule is CCN1CCC(N(C)S(=O)(=O)c2cc(C)c(Br)s2)CC1. The van der Waals surface area contributed by atoms with Gasteiger partial charge in [-0.15, -0.1) is 11.3 Å².